The maximum absolute atomic E-state index is 6.19. The van der Waals surface area contributed by atoms with E-state index in [0.717, 1.165) is 20.8 Å². The Balaban J connectivity index is 2.76. The van der Waals surface area contributed by atoms with Crippen LogP contribution in [0.5, 0.6) is 0 Å². The Morgan fingerprint density at radius 3 is 1.94 bits per heavy atom. The van der Waals surface area contributed by atoms with E-state index in [1.807, 2.05) is 18.2 Å². The van der Waals surface area contributed by atoms with Crippen molar-refractivity contribution < 1.29 is 0 Å². The zero-order valence-corrected chi connectivity index (χ0v) is 11.2. The Kier molecular flexibility index (Phi) is 2.90. The van der Waals surface area contributed by atoms with Gasteiger partial charge in [0.25, 0.3) is 0 Å². The minimum atomic E-state index is 0.125. The fourth-order valence-electron chi connectivity index (χ4n) is 1.74. The maximum Gasteiger partial charge on any atom is 0.0485 e. The average molecular weight is 253 g/mol. The molecule has 0 nitrogen and oxygen atoms in total. The van der Waals surface area contributed by atoms with Gasteiger partial charge in [-0.2, -0.15) is 0 Å². The highest BCUT2D eigenvalue weighted by molar-refractivity contribution is 6.40. The Morgan fingerprint density at radius 1 is 0.812 bits per heavy atom. The van der Waals surface area contributed by atoms with Crippen molar-refractivity contribution in [2.45, 2.75) is 26.2 Å². The number of hydrogen-bond donors (Lipinski definition) is 0. The van der Waals surface area contributed by atoms with Gasteiger partial charge in [0.1, 0.15) is 0 Å². The molecule has 2 aromatic rings. The molecular formula is C14H14Cl2. The van der Waals surface area contributed by atoms with Crippen molar-refractivity contribution in [1.82, 2.24) is 0 Å². The number of hydrogen-bond acceptors (Lipinski definition) is 0. The molecule has 84 valence electrons. The molecule has 2 aromatic carbocycles. The van der Waals surface area contributed by atoms with Crippen LogP contribution < -0.4 is 0 Å². The number of benzene rings is 2. The molecule has 2 heteroatoms. The van der Waals surface area contributed by atoms with Gasteiger partial charge in [0.2, 0.25) is 0 Å². The molecule has 0 aliphatic carbocycles. The fraction of sp³-hybridized carbons (Fsp3) is 0.286. The van der Waals surface area contributed by atoms with Crippen LogP contribution >= 0.6 is 23.2 Å². The van der Waals surface area contributed by atoms with Crippen LogP contribution in [0.2, 0.25) is 10.0 Å². The highest BCUT2D eigenvalue weighted by atomic mass is 35.5. The third kappa shape index (κ3) is 2.05. The average Bonchev–Trinajstić information content (AvgIpc) is 2.22. The molecule has 2 rings (SSSR count). The van der Waals surface area contributed by atoms with Crippen LogP contribution in [0.15, 0.2) is 30.3 Å². The summed E-state index contributed by atoms with van der Waals surface area (Å²) in [7, 11) is 0. The van der Waals surface area contributed by atoms with E-state index in [4.69, 9.17) is 23.2 Å². The van der Waals surface area contributed by atoms with Crippen molar-refractivity contribution in [1.29, 1.82) is 0 Å². The second kappa shape index (κ2) is 3.94. The second-order valence-electron chi connectivity index (χ2n) is 5.04. The second-order valence-corrected chi connectivity index (χ2v) is 5.85. The summed E-state index contributed by atoms with van der Waals surface area (Å²) in [6, 6.07) is 9.97. The third-order valence-electron chi connectivity index (χ3n) is 2.78. The summed E-state index contributed by atoms with van der Waals surface area (Å²) in [5, 5.41) is 3.55. The van der Waals surface area contributed by atoms with Gasteiger partial charge in [-0.15, -0.1) is 0 Å². The number of rotatable bonds is 0. The molecule has 0 N–H and O–H groups in total. The predicted octanol–water partition coefficient (Wildman–Crippen LogP) is 5.44. The molecule has 0 spiro atoms. The summed E-state index contributed by atoms with van der Waals surface area (Å²) < 4.78 is 0. The molecule has 0 amide bonds. The molecule has 0 atom stereocenters. The standard InChI is InChI=1S/C14H14Cl2/c1-14(2,3)9-4-5-10-11(8-9)13(16)7-6-12(10)15/h4-8H,1-3H3. The van der Waals surface area contributed by atoms with E-state index < -0.39 is 0 Å². The molecule has 0 saturated heterocycles. The first-order valence-electron chi connectivity index (χ1n) is 5.28. The Morgan fingerprint density at radius 2 is 1.38 bits per heavy atom. The van der Waals surface area contributed by atoms with Crippen LogP contribution in [0.4, 0.5) is 0 Å². The molecule has 0 radical (unpaired) electrons. The van der Waals surface area contributed by atoms with Gasteiger partial charge in [-0.1, -0.05) is 56.1 Å². The van der Waals surface area contributed by atoms with E-state index in [-0.39, 0.29) is 5.41 Å². The zero-order valence-electron chi connectivity index (χ0n) is 9.64. The van der Waals surface area contributed by atoms with Gasteiger partial charge in [-0.25, -0.2) is 0 Å². The van der Waals surface area contributed by atoms with Crippen LogP contribution in [0, 0.1) is 0 Å². The van der Waals surface area contributed by atoms with E-state index in [1.165, 1.54) is 5.56 Å². The van der Waals surface area contributed by atoms with Crippen LogP contribution in [0.1, 0.15) is 26.3 Å². The predicted molar refractivity (Wildman–Crippen MR) is 72.7 cm³/mol. The lowest BCUT2D eigenvalue weighted by atomic mass is 9.86. The fourth-order valence-corrected chi connectivity index (χ4v) is 2.19. The first kappa shape index (κ1) is 11.8. The monoisotopic (exact) mass is 252 g/mol. The molecule has 0 heterocycles. The number of fused-ring (bicyclic) bond motifs is 1. The molecule has 0 fully saturated rings. The largest absolute Gasteiger partial charge is 0.0837 e. The van der Waals surface area contributed by atoms with Gasteiger partial charge < -0.3 is 0 Å². The van der Waals surface area contributed by atoms with Gasteiger partial charge in [0, 0.05) is 20.8 Å². The molecule has 0 saturated carbocycles. The van der Waals surface area contributed by atoms with E-state index in [1.54, 1.807) is 0 Å². The SMILES string of the molecule is CC(C)(C)c1ccc2c(Cl)ccc(Cl)c2c1. The molecular weight excluding hydrogens is 239 g/mol. The zero-order chi connectivity index (χ0) is 11.9. The van der Waals surface area contributed by atoms with Gasteiger partial charge in [-0.05, 0) is 29.2 Å². The molecule has 0 bridgehead atoms. The van der Waals surface area contributed by atoms with Gasteiger partial charge >= 0.3 is 0 Å². The maximum atomic E-state index is 6.19. The van der Waals surface area contributed by atoms with Crippen molar-refractivity contribution in [3.8, 4) is 0 Å². The van der Waals surface area contributed by atoms with Gasteiger partial charge in [0.05, 0.1) is 0 Å². The topological polar surface area (TPSA) is 0 Å². The lowest BCUT2D eigenvalue weighted by Crippen LogP contribution is -2.10. The Bertz CT molecular complexity index is 536. The first-order valence-corrected chi connectivity index (χ1v) is 6.03. The highest BCUT2D eigenvalue weighted by Crippen LogP contribution is 2.33. The minimum Gasteiger partial charge on any atom is -0.0837 e. The quantitative estimate of drug-likeness (QED) is 0.586. The smallest absolute Gasteiger partial charge is 0.0485 e. The van der Waals surface area contributed by atoms with Crippen molar-refractivity contribution in [2.75, 3.05) is 0 Å². The van der Waals surface area contributed by atoms with E-state index in [9.17, 15) is 0 Å². The lowest BCUT2D eigenvalue weighted by molar-refractivity contribution is 0.591. The lowest BCUT2D eigenvalue weighted by Gasteiger charge is -2.19. The summed E-state index contributed by atoms with van der Waals surface area (Å²) >= 11 is 12.3. The molecule has 0 aliphatic rings. The van der Waals surface area contributed by atoms with E-state index in [0.29, 0.717) is 0 Å². The van der Waals surface area contributed by atoms with Crippen LogP contribution in [-0.4, -0.2) is 0 Å². The normalized spacial score (nSPS) is 12.1. The van der Waals surface area contributed by atoms with E-state index in [2.05, 4.69) is 32.9 Å². The third-order valence-corrected chi connectivity index (χ3v) is 3.44. The first-order chi connectivity index (χ1) is 7.39. The van der Waals surface area contributed by atoms with Crippen molar-refractivity contribution in [3.05, 3.63) is 45.9 Å². The van der Waals surface area contributed by atoms with Crippen LogP contribution in [0.3, 0.4) is 0 Å². The minimum absolute atomic E-state index is 0.125. The van der Waals surface area contributed by atoms with Crippen molar-refractivity contribution in [3.63, 3.8) is 0 Å². The summed E-state index contributed by atoms with van der Waals surface area (Å²) in [4.78, 5) is 0. The molecule has 0 aliphatic heterocycles. The summed E-state index contributed by atoms with van der Waals surface area (Å²) in [5.74, 6) is 0. The molecule has 16 heavy (non-hydrogen) atoms. The van der Waals surface area contributed by atoms with Crippen molar-refractivity contribution in [2.24, 2.45) is 0 Å². The highest BCUT2D eigenvalue weighted by Gasteiger charge is 2.15. The summed E-state index contributed by atoms with van der Waals surface area (Å²) in [6.45, 7) is 6.56. The van der Waals surface area contributed by atoms with Gasteiger partial charge in [-0.3, -0.25) is 0 Å². The van der Waals surface area contributed by atoms with Crippen LogP contribution in [-0.2, 0) is 5.41 Å². The summed E-state index contributed by atoms with van der Waals surface area (Å²) in [5.41, 5.74) is 1.39. The Labute approximate surface area is 106 Å². The van der Waals surface area contributed by atoms with E-state index >= 15 is 0 Å². The number of halogens is 2. The van der Waals surface area contributed by atoms with Gasteiger partial charge in [0.15, 0.2) is 0 Å². The van der Waals surface area contributed by atoms with Crippen LogP contribution in [0.25, 0.3) is 10.8 Å². The molecule has 0 aromatic heterocycles. The summed E-state index contributed by atoms with van der Waals surface area (Å²) in [6.07, 6.45) is 0. The van der Waals surface area contributed by atoms with Crippen molar-refractivity contribution >= 4 is 34.0 Å². The molecule has 0 unspecified atom stereocenters. The Hall–Kier alpha value is -0.720.